The van der Waals surface area contributed by atoms with Crippen LogP contribution in [0.4, 0.5) is 0 Å². The number of amides is 1. The fourth-order valence-corrected chi connectivity index (χ4v) is 1.84. The van der Waals surface area contributed by atoms with Crippen LogP contribution in [0.5, 0.6) is 0 Å². The van der Waals surface area contributed by atoms with Crippen LogP contribution in [0.2, 0.25) is 0 Å². The molecule has 6 heteroatoms. The van der Waals surface area contributed by atoms with Crippen molar-refractivity contribution in [1.82, 2.24) is 5.32 Å². The third-order valence-corrected chi connectivity index (χ3v) is 3.32. The molecule has 0 saturated heterocycles. The molecular weight excluding hydrogens is 218 g/mol. The van der Waals surface area contributed by atoms with Crippen LogP contribution < -0.4 is 5.32 Å². The second-order valence-electron chi connectivity index (χ2n) is 3.54. The van der Waals surface area contributed by atoms with Gasteiger partial charge in [0.05, 0.1) is 0 Å². The maximum atomic E-state index is 11.3. The van der Waals surface area contributed by atoms with Crippen molar-refractivity contribution >= 4 is 22.7 Å². The van der Waals surface area contributed by atoms with Crippen molar-refractivity contribution in [1.29, 1.82) is 0 Å². The molecule has 88 valence electrons. The van der Waals surface area contributed by atoms with Crippen LogP contribution in [0.15, 0.2) is 0 Å². The minimum absolute atomic E-state index is 0.0443. The Labute approximate surface area is 91.7 Å². The Morgan fingerprint density at radius 1 is 1.33 bits per heavy atom. The van der Waals surface area contributed by atoms with Crippen molar-refractivity contribution in [2.45, 2.75) is 38.5 Å². The Morgan fingerprint density at radius 2 is 1.87 bits per heavy atom. The fourth-order valence-electron chi connectivity index (χ4n) is 0.877. The van der Waals surface area contributed by atoms with E-state index >= 15 is 0 Å². The van der Waals surface area contributed by atoms with Gasteiger partial charge >= 0.3 is 5.97 Å². The molecule has 2 atom stereocenters. The van der Waals surface area contributed by atoms with Crippen LogP contribution >= 0.6 is 0 Å². The van der Waals surface area contributed by atoms with Gasteiger partial charge in [-0.15, -0.1) is 0 Å². The first-order valence-electron chi connectivity index (χ1n) is 4.74. The number of rotatable bonds is 6. The number of nitrogens with one attached hydrogen (secondary N) is 1. The number of hydrogen-bond acceptors (Lipinski definition) is 3. The summed E-state index contributed by atoms with van der Waals surface area (Å²) in [6, 6.07) is 0.0443. The normalized spacial score (nSPS) is 14.7. The molecule has 0 aromatic rings. The highest BCUT2D eigenvalue weighted by molar-refractivity contribution is 7.86. The molecule has 0 fully saturated rings. The van der Waals surface area contributed by atoms with Gasteiger partial charge in [-0.25, -0.2) is 0 Å². The SMILES string of the molecule is CC(C)NC(=O)CCS(=O)C(C)C(=O)O. The van der Waals surface area contributed by atoms with Crippen LogP contribution in [-0.2, 0) is 20.4 Å². The first-order chi connectivity index (χ1) is 6.84. The van der Waals surface area contributed by atoms with Gasteiger partial charge in [0.15, 0.2) is 0 Å². The van der Waals surface area contributed by atoms with Gasteiger partial charge in [0, 0.05) is 29.0 Å². The minimum Gasteiger partial charge on any atom is -0.480 e. The largest absolute Gasteiger partial charge is 0.480 e. The molecule has 0 aromatic heterocycles. The number of carbonyl (C=O) groups excluding carboxylic acids is 1. The number of carboxylic acids is 1. The quantitative estimate of drug-likeness (QED) is 0.685. The Morgan fingerprint density at radius 3 is 2.27 bits per heavy atom. The van der Waals surface area contributed by atoms with Gasteiger partial charge in [0.25, 0.3) is 0 Å². The molecule has 15 heavy (non-hydrogen) atoms. The lowest BCUT2D eigenvalue weighted by molar-refractivity contribution is -0.136. The van der Waals surface area contributed by atoms with Crippen LogP contribution in [0.3, 0.4) is 0 Å². The maximum Gasteiger partial charge on any atom is 0.318 e. The van der Waals surface area contributed by atoms with Gasteiger partial charge in [0.2, 0.25) is 5.91 Å². The molecule has 0 saturated carbocycles. The van der Waals surface area contributed by atoms with Crippen molar-refractivity contribution in [3.63, 3.8) is 0 Å². The van der Waals surface area contributed by atoms with E-state index in [1.54, 1.807) is 0 Å². The van der Waals surface area contributed by atoms with Crippen molar-refractivity contribution in [2.24, 2.45) is 0 Å². The van der Waals surface area contributed by atoms with Gasteiger partial charge in [-0.05, 0) is 20.8 Å². The van der Waals surface area contributed by atoms with Crippen LogP contribution in [0.25, 0.3) is 0 Å². The number of carboxylic acid groups (broad SMARTS) is 1. The van der Waals surface area contributed by atoms with Crippen molar-refractivity contribution in [2.75, 3.05) is 5.75 Å². The summed E-state index contributed by atoms with van der Waals surface area (Å²) in [7, 11) is -1.49. The summed E-state index contributed by atoms with van der Waals surface area (Å²) in [4.78, 5) is 21.6. The average Bonchev–Trinajstić information content (AvgIpc) is 2.11. The van der Waals surface area contributed by atoms with Gasteiger partial charge in [0.1, 0.15) is 5.25 Å². The zero-order valence-corrected chi connectivity index (χ0v) is 9.97. The summed E-state index contributed by atoms with van der Waals surface area (Å²) in [5.41, 5.74) is 0. The van der Waals surface area contributed by atoms with Crippen molar-refractivity contribution in [3.8, 4) is 0 Å². The molecule has 0 spiro atoms. The van der Waals surface area contributed by atoms with E-state index in [1.807, 2.05) is 13.8 Å². The molecule has 0 aliphatic rings. The minimum atomic E-state index is -1.49. The van der Waals surface area contributed by atoms with E-state index in [4.69, 9.17) is 5.11 Å². The Bertz CT molecular complexity index is 265. The molecular formula is C9H17NO4S. The third-order valence-electron chi connectivity index (χ3n) is 1.72. The molecule has 0 rings (SSSR count). The maximum absolute atomic E-state index is 11.3. The monoisotopic (exact) mass is 235 g/mol. The Kier molecular flexibility index (Phi) is 6.15. The third kappa shape index (κ3) is 6.22. The summed E-state index contributed by atoms with van der Waals surface area (Å²) in [5, 5.41) is 10.3. The summed E-state index contributed by atoms with van der Waals surface area (Å²) in [5.74, 6) is -1.21. The predicted octanol–water partition coefficient (Wildman–Crippen LogP) is 0.123. The van der Waals surface area contributed by atoms with E-state index in [-0.39, 0.29) is 24.1 Å². The van der Waals surface area contributed by atoms with E-state index in [2.05, 4.69) is 5.32 Å². The van der Waals surface area contributed by atoms with Gasteiger partial charge in [-0.3, -0.25) is 13.8 Å². The standard InChI is InChI=1S/C9H17NO4S/c1-6(2)10-8(11)4-5-15(14)7(3)9(12)13/h6-7H,4-5H2,1-3H3,(H,10,11)(H,12,13). The summed E-state index contributed by atoms with van der Waals surface area (Å²) < 4.78 is 11.3. The number of hydrogen-bond donors (Lipinski definition) is 2. The summed E-state index contributed by atoms with van der Waals surface area (Å²) in [6.45, 7) is 5.03. The molecule has 0 heterocycles. The molecule has 2 N–H and O–H groups in total. The second kappa shape index (κ2) is 6.55. The molecule has 0 bridgehead atoms. The molecule has 0 aliphatic heterocycles. The van der Waals surface area contributed by atoms with E-state index in [9.17, 15) is 13.8 Å². The topological polar surface area (TPSA) is 83.5 Å². The van der Waals surface area contributed by atoms with Crippen molar-refractivity contribution in [3.05, 3.63) is 0 Å². The highest BCUT2D eigenvalue weighted by Gasteiger charge is 2.19. The lowest BCUT2D eigenvalue weighted by atomic mass is 10.3. The Hall–Kier alpha value is -0.910. The first kappa shape index (κ1) is 14.1. The Balaban J connectivity index is 3.91. The first-order valence-corrected chi connectivity index (χ1v) is 6.12. The van der Waals surface area contributed by atoms with E-state index < -0.39 is 22.0 Å². The van der Waals surface area contributed by atoms with E-state index in [0.29, 0.717) is 0 Å². The molecule has 0 aromatic carbocycles. The average molecular weight is 235 g/mol. The highest BCUT2D eigenvalue weighted by atomic mass is 32.2. The molecule has 2 unspecified atom stereocenters. The lowest BCUT2D eigenvalue weighted by Crippen LogP contribution is -2.32. The summed E-state index contributed by atoms with van der Waals surface area (Å²) >= 11 is 0. The van der Waals surface area contributed by atoms with Crippen LogP contribution in [0.1, 0.15) is 27.2 Å². The summed E-state index contributed by atoms with van der Waals surface area (Å²) in [6.07, 6.45) is 0.0996. The molecule has 5 nitrogen and oxygen atoms in total. The zero-order chi connectivity index (χ0) is 12.0. The number of aliphatic carboxylic acids is 1. The van der Waals surface area contributed by atoms with E-state index in [1.165, 1.54) is 6.92 Å². The molecule has 1 amide bonds. The lowest BCUT2D eigenvalue weighted by Gasteiger charge is -2.09. The zero-order valence-electron chi connectivity index (χ0n) is 9.15. The fraction of sp³-hybridized carbons (Fsp3) is 0.778. The molecule has 0 aliphatic carbocycles. The van der Waals surface area contributed by atoms with Gasteiger partial charge < -0.3 is 10.4 Å². The van der Waals surface area contributed by atoms with E-state index in [0.717, 1.165) is 0 Å². The smallest absolute Gasteiger partial charge is 0.318 e. The predicted molar refractivity (Wildman–Crippen MR) is 58.0 cm³/mol. The van der Waals surface area contributed by atoms with Crippen molar-refractivity contribution < 1.29 is 18.9 Å². The number of carbonyl (C=O) groups is 2. The van der Waals surface area contributed by atoms with Gasteiger partial charge in [-0.1, -0.05) is 0 Å². The van der Waals surface area contributed by atoms with Crippen LogP contribution in [0, 0.1) is 0 Å². The highest BCUT2D eigenvalue weighted by Crippen LogP contribution is 1.98. The second-order valence-corrected chi connectivity index (χ2v) is 5.41. The molecule has 0 radical (unpaired) electrons. The van der Waals surface area contributed by atoms with Crippen LogP contribution in [-0.4, -0.2) is 38.2 Å². The van der Waals surface area contributed by atoms with Gasteiger partial charge in [-0.2, -0.15) is 0 Å².